The van der Waals surface area contributed by atoms with Crippen molar-refractivity contribution in [3.05, 3.63) is 0 Å². The van der Waals surface area contributed by atoms with Crippen molar-refractivity contribution in [2.45, 2.75) is 40.0 Å². The van der Waals surface area contributed by atoms with Crippen molar-refractivity contribution in [1.82, 2.24) is 15.3 Å². The van der Waals surface area contributed by atoms with Gasteiger partial charge in [0, 0.05) is 38.0 Å². The number of hydrogen-bond acceptors (Lipinski definition) is 4. The van der Waals surface area contributed by atoms with Crippen molar-refractivity contribution in [3.8, 4) is 0 Å². The van der Waals surface area contributed by atoms with E-state index in [-0.39, 0.29) is 22.5 Å². The van der Waals surface area contributed by atoms with Crippen molar-refractivity contribution in [1.29, 1.82) is 0 Å². The van der Waals surface area contributed by atoms with Crippen molar-refractivity contribution in [3.63, 3.8) is 0 Å². The van der Waals surface area contributed by atoms with E-state index in [9.17, 15) is 9.59 Å². The highest BCUT2D eigenvalue weighted by Gasteiger charge is 2.72. The summed E-state index contributed by atoms with van der Waals surface area (Å²) in [5, 5.41) is 2.02. The van der Waals surface area contributed by atoms with E-state index < -0.39 is 5.41 Å². The standard InChI is InChI=1S/C16H27N3O2/c1-14(2)15(3)5-6-16(14,11-12(15)20)13(21)17-19-9-7-18(4)8-10-19/h5-11H2,1-4H3,(H,17,21). The number of ketones is 1. The highest BCUT2D eigenvalue weighted by Crippen LogP contribution is 2.70. The Labute approximate surface area is 127 Å². The molecule has 2 unspecified atom stereocenters. The van der Waals surface area contributed by atoms with Gasteiger partial charge in [0.1, 0.15) is 5.78 Å². The summed E-state index contributed by atoms with van der Waals surface area (Å²) in [5.41, 5.74) is 2.01. The first-order valence-corrected chi connectivity index (χ1v) is 8.01. The fourth-order valence-electron chi connectivity index (χ4n) is 4.53. The van der Waals surface area contributed by atoms with Crippen molar-refractivity contribution in [2.24, 2.45) is 16.2 Å². The third-order valence-corrected chi connectivity index (χ3v) is 6.90. The Bertz CT molecular complexity index is 482. The number of hydrogen-bond donors (Lipinski definition) is 1. The molecular formula is C16H27N3O2. The summed E-state index contributed by atoms with van der Waals surface area (Å²) in [6.45, 7) is 9.89. The van der Waals surface area contributed by atoms with Gasteiger partial charge in [-0.3, -0.25) is 15.0 Å². The molecule has 2 aliphatic carbocycles. The molecular weight excluding hydrogens is 266 g/mol. The molecule has 2 bridgehead atoms. The van der Waals surface area contributed by atoms with E-state index in [1.807, 2.05) is 11.9 Å². The minimum atomic E-state index is -0.512. The molecule has 1 N–H and O–H groups in total. The number of piperazine rings is 1. The maximum Gasteiger partial charge on any atom is 0.241 e. The highest BCUT2D eigenvalue weighted by atomic mass is 16.2. The van der Waals surface area contributed by atoms with Gasteiger partial charge in [-0.2, -0.15) is 0 Å². The lowest BCUT2D eigenvalue weighted by atomic mass is 9.64. The second-order valence-corrected chi connectivity index (χ2v) is 7.87. The quantitative estimate of drug-likeness (QED) is 0.827. The van der Waals surface area contributed by atoms with Gasteiger partial charge in [0.2, 0.25) is 5.91 Å². The fraction of sp³-hybridized carbons (Fsp3) is 0.875. The van der Waals surface area contributed by atoms with Crippen LogP contribution in [-0.2, 0) is 9.59 Å². The average Bonchev–Trinajstić information content (AvgIpc) is 2.72. The number of Topliss-reactive ketones (excluding diaryl/α,β-unsaturated/α-hetero) is 1. The Morgan fingerprint density at radius 2 is 1.71 bits per heavy atom. The molecule has 3 fully saturated rings. The number of fused-ring (bicyclic) bond motifs is 2. The SMILES string of the molecule is CN1CCN(NC(=O)C23CCC(C)(C(=O)C2)C3(C)C)CC1. The van der Waals surface area contributed by atoms with Crippen LogP contribution in [0.15, 0.2) is 0 Å². The van der Waals surface area contributed by atoms with Gasteiger partial charge in [-0.1, -0.05) is 20.8 Å². The molecule has 1 amide bonds. The molecule has 3 rings (SSSR count). The molecule has 1 heterocycles. The lowest BCUT2D eigenvalue weighted by Crippen LogP contribution is -2.57. The molecule has 2 saturated carbocycles. The number of amides is 1. The summed E-state index contributed by atoms with van der Waals surface area (Å²) in [7, 11) is 2.10. The van der Waals surface area contributed by atoms with Crippen LogP contribution in [0, 0.1) is 16.2 Å². The Balaban J connectivity index is 1.77. The first-order chi connectivity index (χ1) is 9.73. The Morgan fingerprint density at radius 3 is 2.19 bits per heavy atom. The third-order valence-electron chi connectivity index (χ3n) is 6.90. The van der Waals surface area contributed by atoms with E-state index >= 15 is 0 Å². The van der Waals surface area contributed by atoms with Gasteiger partial charge >= 0.3 is 0 Å². The largest absolute Gasteiger partial charge is 0.304 e. The predicted octanol–water partition coefficient (Wildman–Crippen LogP) is 1.05. The van der Waals surface area contributed by atoms with Gasteiger partial charge in [-0.05, 0) is 25.3 Å². The zero-order valence-corrected chi connectivity index (χ0v) is 13.7. The second kappa shape index (κ2) is 4.53. The van der Waals surface area contributed by atoms with E-state index in [0.29, 0.717) is 6.42 Å². The summed E-state index contributed by atoms with van der Waals surface area (Å²) in [6.07, 6.45) is 2.09. The third kappa shape index (κ3) is 1.83. The van der Waals surface area contributed by atoms with Crippen LogP contribution in [0.25, 0.3) is 0 Å². The molecule has 118 valence electrons. The number of hydrazine groups is 1. The van der Waals surface area contributed by atoms with Crippen molar-refractivity contribution < 1.29 is 9.59 Å². The van der Waals surface area contributed by atoms with Crippen molar-refractivity contribution in [2.75, 3.05) is 33.2 Å². The lowest BCUT2D eigenvalue weighted by Gasteiger charge is -2.41. The summed E-state index contributed by atoms with van der Waals surface area (Å²) < 4.78 is 0. The molecule has 21 heavy (non-hydrogen) atoms. The first kappa shape index (κ1) is 15.0. The summed E-state index contributed by atoms with van der Waals surface area (Å²) in [4.78, 5) is 27.6. The average molecular weight is 293 g/mol. The number of nitrogens with zero attached hydrogens (tertiary/aromatic N) is 2. The minimum absolute atomic E-state index is 0.0617. The van der Waals surface area contributed by atoms with Gasteiger partial charge in [-0.25, -0.2) is 5.01 Å². The van der Waals surface area contributed by atoms with E-state index in [0.717, 1.165) is 39.0 Å². The molecule has 5 heteroatoms. The number of carbonyl (C=O) groups excluding carboxylic acids is 2. The minimum Gasteiger partial charge on any atom is -0.304 e. The maximum atomic E-state index is 13.0. The van der Waals surface area contributed by atoms with Crippen LogP contribution in [0.4, 0.5) is 0 Å². The maximum absolute atomic E-state index is 13.0. The van der Waals surface area contributed by atoms with Crippen LogP contribution in [0.5, 0.6) is 0 Å². The fourth-order valence-corrected chi connectivity index (χ4v) is 4.53. The topological polar surface area (TPSA) is 52.6 Å². The smallest absolute Gasteiger partial charge is 0.241 e. The van der Waals surface area contributed by atoms with E-state index in [1.165, 1.54) is 0 Å². The van der Waals surface area contributed by atoms with E-state index in [2.05, 4.69) is 31.2 Å². The van der Waals surface area contributed by atoms with Crippen LogP contribution in [0.1, 0.15) is 40.0 Å². The van der Waals surface area contributed by atoms with Gasteiger partial charge in [-0.15, -0.1) is 0 Å². The van der Waals surface area contributed by atoms with Crippen LogP contribution in [-0.4, -0.2) is 54.8 Å². The van der Waals surface area contributed by atoms with Gasteiger partial charge < -0.3 is 4.90 Å². The van der Waals surface area contributed by atoms with Crippen molar-refractivity contribution >= 4 is 11.7 Å². The number of carbonyl (C=O) groups is 2. The predicted molar refractivity (Wildman–Crippen MR) is 80.4 cm³/mol. The molecule has 3 aliphatic rings. The van der Waals surface area contributed by atoms with Crippen LogP contribution >= 0.6 is 0 Å². The Morgan fingerprint density at radius 1 is 1.10 bits per heavy atom. The first-order valence-electron chi connectivity index (χ1n) is 8.01. The number of rotatable bonds is 2. The number of likely N-dealkylation sites (N-methyl/N-ethyl adjacent to an activating group) is 1. The molecule has 5 nitrogen and oxygen atoms in total. The van der Waals surface area contributed by atoms with Crippen LogP contribution in [0.3, 0.4) is 0 Å². The molecule has 0 radical (unpaired) electrons. The zero-order chi connectivity index (χ0) is 15.5. The Hall–Kier alpha value is -0.940. The molecule has 1 saturated heterocycles. The van der Waals surface area contributed by atoms with Gasteiger partial charge in [0.05, 0.1) is 5.41 Å². The molecule has 2 atom stereocenters. The van der Waals surface area contributed by atoms with Gasteiger partial charge in [0.15, 0.2) is 0 Å². The summed E-state index contributed by atoms with van der Waals surface area (Å²) >= 11 is 0. The van der Waals surface area contributed by atoms with E-state index in [4.69, 9.17) is 0 Å². The molecule has 0 spiro atoms. The second-order valence-electron chi connectivity index (χ2n) is 7.87. The normalized spacial score (nSPS) is 39.7. The monoisotopic (exact) mass is 293 g/mol. The van der Waals surface area contributed by atoms with Crippen LogP contribution in [0.2, 0.25) is 0 Å². The van der Waals surface area contributed by atoms with Crippen LogP contribution < -0.4 is 5.43 Å². The molecule has 1 aliphatic heterocycles. The summed E-state index contributed by atoms with van der Waals surface area (Å²) in [6, 6.07) is 0. The zero-order valence-electron chi connectivity index (χ0n) is 13.7. The molecule has 0 aromatic carbocycles. The summed E-state index contributed by atoms with van der Waals surface area (Å²) in [5.74, 6) is 0.332. The molecule has 0 aromatic rings. The lowest BCUT2D eigenvalue weighted by molar-refractivity contribution is -0.142. The highest BCUT2D eigenvalue weighted by molar-refractivity contribution is 5.99. The van der Waals surface area contributed by atoms with Gasteiger partial charge in [0.25, 0.3) is 0 Å². The number of nitrogens with one attached hydrogen (secondary N) is 1. The Kier molecular flexibility index (Phi) is 3.23. The molecule has 0 aromatic heterocycles. The van der Waals surface area contributed by atoms with E-state index in [1.54, 1.807) is 0 Å².